The quantitative estimate of drug-likeness (QED) is 0.275. The molecule has 68 valence electrons. The predicted octanol–water partition coefficient (Wildman–Crippen LogP) is -0.188. The first-order valence-corrected chi connectivity index (χ1v) is 4.11. The molecule has 0 saturated carbocycles. The molecule has 1 unspecified atom stereocenters. The molecule has 4 heteroatoms. The number of hydrazine groups is 1. The van der Waals surface area contributed by atoms with Crippen LogP contribution in [0.25, 0.3) is 0 Å². The molecule has 0 rings (SSSR count). The predicted molar refractivity (Wildman–Crippen MR) is 45.9 cm³/mol. The van der Waals surface area contributed by atoms with E-state index in [1.165, 1.54) is 0 Å². The van der Waals surface area contributed by atoms with Crippen molar-refractivity contribution in [1.82, 2.24) is 10.9 Å². The summed E-state index contributed by atoms with van der Waals surface area (Å²) in [4.78, 5) is 0. The minimum atomic E-state index is 0.0569. The Balaban J connectivity index is 3.02. The Bertz CT molecular complexity index is 80.1. The van der Waals surface area contributed by atoms with Crippen molar-refractivity contribution in [1.29, 1.82) is 0 Å². The van der Waals surface area contributed by atoms with Crippen molar-refractivity contribution in [2.45, 2.75) is 26.5 Å². The molecule has 0 aromatic rings. The molecule has 0 bridgehead atoms. The van der Waals surface area contributed by atoms with Crippen LogP contribution in [0.4, 0.5) is 0 Å². The Hall–Kier alpha value is -0.160. The molecule has 0 aliphatic rings. The van der Waals surface area contributed by atoms with Crippen LogP contribution in [0, 0.1) is 0 Å². The van der Waals surface area contributed by atoms with Crippen molar-refractivity contribution >= 4 is 0 Å². The highest BCUT2D eigenvalue weighted by atomic mass is 16.5. The zero-order valence-electron chi connectivity index (χ0n) is 7.39. The number of nitrogens with one attached hydrogen (secondary N) is 2. The normalized spacial score (nSPS) is 13.4. The molecule has 0 heterocycles. The molecule has 0 spiro atoms. The van der Waals surface area contributed by atoms with Gasteiger partial charge in [-0.1, -0.05) is 6.92 Å². The fraction of sp³-hybridized carbons (Fsp3) is 1.00. The maximum Gasteiger partial charge on any atom is 0.117 e. The summed E-state index contributed by atoms with van der Waals surface area (Å²) >= 11 is 0. The smallest absolute Gasteiger partial charge is 0.117 e. The van der Waals surface area contributed by atoms with E-state index in [-0.39, 0.29) is 6.23 Å². The average Bonchev–Trinajstić information content (AvgIpc) is 2.01. The van der Waals surface area contributed by atoms with Gasteiger partial charge in [-0.25, -0.2) is 5.43 Å². The third-order valence-electron chi connectivity index (χ3n) is 1.20. The highest BCUT2D eigenvalue weighted by Gasteiger charge is 1.97. The summed E-state index contributed by atoms with van der Waals surface area (Å²) in [6.45, 7) is 6.29. The topological polar surface area (TPSA) is 59.3 Å². The standard InChI is InChI=1S/C7H19N3O/c1-3-9-10-7(2)11-6-4-5-8/h7,9-10H,3-6,8H2,1-2H3. The first-order valence-electron chi connectivity index (χ1n) is 4.11. The van der Waals surface area contributed by atoms with Crippen LogP contribution in [0.5, 0.6) is 0 Å². The monoisotopic (exact) mass is 161 g/mol. The Morgan fingerprint density at radius 1 is 1.55 bits per heavy atom. The summed E-state index contributed by atoms with van der Waals surface area (Å²) in [5.74, 6) is 0. The number of hydrogen-bond acceptors (Lipinski definition) is 4. The number of ether oxygens (including phenoxy) is 1. The van der Waals surface area contributed by atoms with Gasteiger partial charge in [0.1, 0.15) is 6.23 Å². The zero-order valence-corrected chi connectivity index (χ0v) is 7.39. The summed E-state index contributed by atoms with van der Waals surface area (Å²) in [7, 11) is 0. The molecule has 0 fully saturated rings. The van der Waals surface area contributed by atoms with Gasteiger partial charge in [0, 0.05) is 13.2 Å². The van der Waals surface area contributed by atoms with Gasteiger partial charge >= 0.3 is 0 Å². The van der Waals surface area contributed by atoms with E-state index in [0.717, 1.165) is 19.6 Å². The Kier molecular flexibility index (Phi) is 7.83. The van der Waals surface area contributed by atoms with E-state index in [1.54, 1.807) is 0 Å². The lowest BCUT2D eigenvalue weighted by atomic mass is 10.5. The molecule has 11 heavy (non-hydrogen) atoms. The van der Waals surface area contributed by atoms with Gasteiger partial charge in [0.25, 0.3) is 0 Å². The second kappa shape index (κ2) is 7.94. The Morgan fingerprint density at radius 2 is 2.27 bits per heavy atom. The molecule has 0 radical (unpaired) electrons. The summed E-state index contributed by atoms with van der Waals surface area (Å²) in [5, 5.41) is 0. The van der Waals surface area contributed by atoms with Crippen molar-refractivity contribution in [3.05, 3.63) is 0 Å². The van der Waals surface area contributed by atoms with Gasteiger partial charge in [-0.3, -0.25) is 5.43 Å². The molecule has 0 aromatic carbocycles. The molecular weight excluding hydrogens is 142 g/mol. The minimum Gasteiger partial charge on any atom is -0.362 e. The first kappa shape index (κ1) is 10.8. The fourth-order valence-electron chi connectivity index (χ4n) is 0.631. The van der Waals surface area contributed by atoms with E-state index in [4.69, 9.17) is 10.5 Å². The molecular formula is C7H19N3O. The molecule has 4 N–H and O–H groups in total. The fourth-order valence-corrected chi connectivity index (χ4v) is 0.631. The first-order chi connectivity index (χ1) is 5.31. The van der Waals surface area contributed by atoms with Gasteiger partial charge in [0.05, 0.1) is 0 Å². The van der Waals surface area contributed by atoms with Gasteiger partial charge in [-0.15, -0.1) is 0 Å². The van der Waals surface area contributed by atoms with Crippen molar-refractivity contribution in [2.24, 2.45) is 5.73 Å². The number of rotatable bonds is 7. The van der Waals surface area contributed by atoms with E-state index < -0.39 is 0 Å². The van der Waals surface area contributed by atoms with E-state index in [9.17, 15) is 0 Å². The zero-order chi connectivity index (χ0) is 8.53. The van der Waals surface area contributed by atoms with Gasteiger partial charge in [0.15, 0.2) is 0 Å². The lowest BCUT2D eigenvalue weighted by molar-refractivity contribution is 0.0323. The maximum absolute atomic E-state index is 5.33. The second-order valence-corrected chi connectivity index (χ2v) is 2.33. The van der Waals surface area contributed by atoms with E-state index in [1.807, 2.05) is 13.8 Å². The summed E-state index contributed by atoms with van der Waals surface area (Å²) < 4.78 is 5.33. The van der Waals surface area contributed by atoms with Gasteiger partial charge in [-0.05, 0) is 19.9 Å². The van der Waals surface area contributed by atoms with Gasteiger partial charge < -0.3 is 10.5 Å². The van der Waals surface area contributed by atoms with Crippen LogP contribution in [0.2, 0.25) is 0 Å². The number of hydrogen-bond donors (Lipinski definition) is 3. The number of nitrogens with two attached hydrogens (primary N) is 1. The van der Waals surface area contributed by atoms with E-state index in [0.29, 0.717) is 6.54 Å². The lowest BCUT2D eigenvalue weighted by Gasteiger charge is -2.14. The van der Waals surface area contributed by atoms with Crippen LogP contribution < -0.4 is 16.6 Å². The minimum absolute atomic E-state index is 0.0569. The van der Waals surface area contributed by atoms with Crippen molar-refractivity contribution < 1.29 is 4.74 Å². The van der Waals surface area contributed by atoms with Crippen LogP contribution in [0.3, 0.4) is 0 Å². The van der Waals surface area contributed by atoms with Crippen LogP contribution in [-0.2, 0) is 4.74 Å². The summed E-state index contributed by atoms with van der Waals surface area (Å²) in [5.41, 5.74) is 11.2. The van der Waals surface area contributed by atoms with Crippen LogP contribution in [0.15, 0.2) is 0 Å². The SMILES string of the molecule is CCNNC(C)OCCCN. The summed E-state index contributed by atoms with van der Waals surface area (Å²) in [6.07, 6.45) is 0.972. The van der Waals surface area contributed by atoms with Gasteiger partial charge in [-0.2, -0.15) is 0 Å². The van der Waals surface area contributed by atoms with Crippen molar-refractivity contribution in [2.75, 3.05) is 19.7 Å². The van der Waals surface area contributed by atoms with Crippen LogP contribution in [0.1, 0.15) is 20.3 Å². The Labute approximate surface area is 68.5 Å². The molecule has 0 aliphatic heterocycles. The third-order valence-corrected chi connectivity index (χ3v) is 1.20. The molecule has 0 saturated heterocycles. The maximum atomic E-state index is 5.33. The third kappa shape index (κ3) is 7.74. The highest BCUT2D eigenvalue weighted by Crippen LogP contribution is 1.85. The molecule has 0 aliphatic carbocycles. The van der Waals surface area contributed by atoms with Gasteiger partial charge in [0.2, 0.25) is 0 Å². The van der Waals surface area contributed by atoms with E-state index in [2.05, 4.69) is 10.9 Å². The van der Waals surface area contributed by atoms with Crippen molar-refractivity contribution in [3.8, 4) is 0 Å². The lowest BCUT2D eigenvalue weighted by Crippen LogP contribution is -2.40. The highest BCUT2D eigenvalue weighted by molar-refractivity contribution is 4.42. The van der Waals surface area contributed by atoms with Crippen molar-refractivity contribution in [3.63, 3.8) is 0 Å². The second-order valence-electron chi connectivity index (χ2n) is 2.33. The molecule has 4 nitrogen and oxygen atoms in total. The van der Waals surface area contributed by atoms with Crippen LogP contribution in [-0.4, -0.2) is 25.9 Å². The Morgan fingerprint density at radius 3 is 2.82 bits per heavy atom. The molecule has 1 atom stereocenters. The molecule has 0 amide bonds. The van der Waals surface area contributed by atoms with E-state index >= 15 is 0 Å². The molecule has 0 aromatic heterocycles. The summed E-state index contributed by atoms with van der Waals surface area (Å²) in [6, 6.07) is 0. The largest absolute Gasteiger partial charge is 0.362 e. The average molecular weight is 161 g/mol. The van der Waals surface area contributed by atoms with Crippen LogP contribution >= 0.6 is 0 Å².